The largest absolute Gasteiger partial charge is 0.370 e. The number of ketones is 1. The summed E-state index contributed by atoms with van der Waals surface area (Å²) in [6, 6.07) is 7.90. The van der Waals surface area contributed by atoms with Crippen molar-refractivity contribution in [2.75, 3.05) is 0 Å². The molecule has 1 rings (SSSR count). The molecule has 0 aliphatic heterocycles. The topological polar surface area (TPSA) is 80.4 Å². The minimum atomic E-state index is -2.21. The van der Waals surface area contributed by atoms with Crippen molar-refractivity contribution in [1.29, 1.82) is 0 Å². The van der Waals surface area contributed by atoms with Crippen molar-refractivity contribution in [3.63, 3.8) is 0 Å². The Balaban J connectivity index is 3.27. The fourth-order valence-corrected chi connectivity index (χ4v) is 1.20. The molecule has 1 unspecified atom stereocenters. The van der Waals surface area contributed by atoms with Crippen molar-refractivity contribution in [2.45, 2.75) is 12.5 Å². The average Bonchev–Trinajstić information content (AvgIpc) is 2.17. The van der Waals surface area contributed by atoms with Crippen molar-refractivity contribution in [2.24, 2.45) is 5.73 Å². The summed E-state index contributed by atoms with van der Waals surface area (Å²) in [6.45, 7) is 1.12. The van der Waals surface area contributed by atoms with E-state index in [0.29, 0.717) is 0 Å². The van der Waals surface area contributed by atoms with Gasteiger partial charge in [0, 0.05) is 5.56 Å². The molecular formula is C10H11NO3. The quantitative estimate of drug-likeness (QED) is 0.660. The van der Waals surface area contributed by atoms with Crippen LogP contribution in [0.3, 0.4) is 0 Å². The molecule has 4 nitrogen and oxygen atoms in total. The van der Waals surface area contributed by atoms with E-state index in [-0.39, 0.29) is 5.56 Å². The number of carbonyl (C=O) groups is 2. The second kappa shape index (κ2) is 3.59. The zero-order chi connectivity index (χ0) is 10.8. The molecule has 3 N–H and O–H groups in total. The molecule has 14 heavy (non-hydrogen) atoms. The molecule has 1 amide bonds. The minimum absolute atomic E-state index is 0.194. The maximum atomic E-state index is 11.2. The summed E-state index contributed by atoms with van der Waals surface area (Å²) in [7, 11) is 0. The maximum absolute atomic E-state index is 11.2. The lowest BCUT2D eigenvalue weighted by Crippen LogP contribution is -2.46. The molecule has 0 aliphatic rings. The first-order chi connectivity index (χ1) is 6.49. The molecule has 0 bridgehead atoms. The summed E-state index contributed by atoms with van der Waals surface area (Å²) in [6.07, 6.45) is 0. The van der Waals surface area contributed by atoms with Gasteiger partial charge in [0.15, 0.2) is 5.78 Å². The molecular weight excluding hydrogens is 182 g/mol. The Hall–Kier alpha value is -1.68. The van der Waals surface area contributed by atoms with Crippen LogP contribution in [0.1, 0.15) is 12.5 Å². The normalized spacial score (nSPS) is 14.4. The van der Waals surface area contributed by atoms with Crippen LogP contribution in [0.25, 0.3) is 0 Å². The van der Waals surface area contributed by atoms with Crippen LogP contribution in [0.15, 0.2) is 30.3 Å². The molecule has 0 aliphatic carbocycles. The Morgan fingerprint density at radius 1 is 1.29 bits per heavy atom. The van der Waals surface area contributed by atoms with Crippen LogP contribution in [0.4, 0.5) is 0 Å². The monoisotopic (exact) mass is 193 g/mol. The van der Waals surface area contributed by atoms with Gasteiger partial charge in [-0.3, -0.25) is 9.59 Å². The highest BCUT2D eigenvalue weighted by atomic mass is 16.3. The highest BCUT2D eigenvalue weighted by molar-refractivity contribution is 6.08. The molecule has 0 saturated carbocycles. The summed E-state index contributed by atoms with van der Waals surface area (Å²) >= 11 is 0. The lowest BCUT2D eigenvalue weighted by Gasteiger charge is -2.21. The van der Waals surface area contributed by atoms with Crippen LogP contribution in [-0.4, -0.2) is 16.8 Å². The molecule has 0 heterocycles. The van der Waals surface area contributed by atoms with Crippen LogP contribution in [-0.2, 0) is 15.2 Å². The highest BCUT2D eigenvalue weighted by Gasteiger charge is 2.40. The first-order valence-electron chi connectivity index (χ1n) is 4.08. The van der Waals surface area contributed by atoms with Gasteiger partial charge in [-0.25, -0.2) is 0 Å². The second-order valence-electron chi connectivity index (χ2n) is 3.00. The van der Waals surface area contributed by atoms with E-state index in [0.717, 1.165) is 6.92 Å². The molecule has 0 aromatic heterocycles. The van der Waals surface area contributed by atoms with Gasteiger partial charge in [0.25, 0.3) is 5.91 Å². The van der Waals surface area contributed by atoms with Crippen LogP contribution < -0.4 is 5.73 Å². The van der Waals surface area contributed by atoms with Crippen LogP contribution >= 0.6 is 0 Å². The third-order valence-corrected chi connectivity index (χ3v) is 2.06. The Kier molecular flexibility index (Phi) is 2.67. The molecule has 0 spiro atoms. The third kappa shape index (κ3) is 1.52. The Bertz CT molecular complexity index is 345. The maximum Gasteiger partial charge on any atom is 0.261 e. The Morgan fingerprint density at radius 2 is 1.79 bits per heavy atom. The van der Waals surface area contributed by atoms with E-state index < -0.39 is 17.3 Å². The third-order valence-electron chi connectivity index (χ3n) is 2.06. The predicted octanol–water partition coefficient (Wildman–Crippen LogP) is -0.0515. The van der Waals surface area contributed by atoms with Gasteiger partial charge in [0.05, 0.1) is 0 Å². The lowest BCUT2D eigenvalue weighted by molar-refractivity contribution is -0.150. The van der Waals surface area contributed by atoms with E-state index in [1.165, 1.54) is 12.1 Å². The molecule has 1 aromatic rings. The van der Waals surface area contributed by atoms with Crippen LogP contribution in [0, 0.1) is 0 Å². The predicted molar refractivity (Wildman–Crippen MR) is 50.2 cm³/mol. The van der Waals surface area contributed by atoms with Gasteiger partial charge < -0.3 is 10.8 Å². The number of Topliss-reactive ketones (excluding diaryl/α,β-unsaturated/α-hetero) is 1. The fraction of sp³-hybridized carbons (Fsp3) is 0.200. The number of amides is 1. The number of hydrogen-bond acceptors (Lipinski definition) is 3. The first-order valence-corrected chi connectivity index (χ1v) is 4.08. The zero-order valence-corrected chi connectivity index (χ0v) is 7.73. The number of primary amides is 1. The van der Waals surface area contributed by atoms with Gasteiger partial charge >= 0.3 is 0 Å². The Morgan fingerprint density at radius 3 is 2.14 bits per heavy atom. The summed E-state index contributed by atoms with van der Waals surface area (Å²) in [5.74, 6) is -1.74. The summed E-state index contributed by atoms with van der Waals surface area (Å²) in [5.41, 5.74) is 2.98. The van der Waals surface area contributed by atoms with E-state index >= 15 is 0 Å². The second-order valence-corrected chi connectivity index (χ2v) is 3.00. The van der Waals surface area contributed by atoms with Gasteiger partial charge in [-0.05, 0) is 6.92 Å². The van der Waals surface area contributed by atoms with Crippen molar-refractivity contribution >= 4 is 11.7 Å². The smallest absolute Gasteiger partial charge is 0.261 e. The molecule has 74 valence electrons. The van der Waals surface area contributed by atoms with E-state index in [1.54, 1.807) is 18.2 Å². The van der Waals surface area contributed by atoms with Crippen molar-refractivity contribution in [3.8, 4) is 0 Å². The fourth-order valence-electron chi connectivity index (χ4n) is 1.20. The van der Waals surface area contributed by atoms with Crippen molar-refractivity contribution < 1.29 is 14.7 Å². The average molecular weight is 193 g/mol. The standard InChI is InChI=1S/C10H11NO3/c1-7(12)10(14,9(11)13)8-5-3-2-4-6-8/h2-6,14H,1H3,(H2,11,13). The number of benzene rings is 1. The summed E-state index contributed by atoms with van der Waals surface area (Å²) in [4.78, 5) is 22.2. The molecule has 0 radical (unpaired) electrons. The van der Waals surface area contributed by atoms with Gasteiger partial charge in [-0.15, -0.1) is 0 Å². The highest BCUT2D eigenvalue weighted by Crippen LogP contribution is 2.21. The minimum Gasteiger partial charge on any atom is -0.370 e. The Labute approximate surface area is 81.3 Å². The number of aliphatic hydroxyl groups is 1. The molecule has 1 atom stereocenters. The first kappa shape index (κ1) is 10.4. The van der Waals surface area contributed by atoms with E-state index in [4.69, 9.17) is 5.73 Å². The summed E-state index contributed by atoms with van der Waals surface area (Å²) in [5, 5.41) is 9.81. The van der Waals surface area contributed by atoms with Crippen molar-refractivity contribution in [1.82, 2.24) is 0 Å². The SMILES string of the molecule is CC(=O)C(O)(C(N)=O)c1ccccc1. The number of nitrogens with two attached hydrogens (primary N) is 1. The van der Waals surface area contributed by atoms with Crippen molar-refractivity contribution in [3.05, 3.63) is 35.9 Å². The number of rotatable bonds is 3. The molecule has 1 aromatic carbocycles. The molecule has 0 fully saturated rings. The zero-order valence-electron chi connectivity index (χ0n) is 7.73. The van der Waals surface area contributed by atoms with Gasteiger partial charge in [0.2, 0.25) is 5.60 Å². The summed E-state index contributed by atoms with van der Waals surface area (Å²) < 4.78 is 0. The van der Waals surface area contributed by atoms with E-state index in [2.05, 4.69) is 0 Å². The molecule has 0 saturated heterocycles. The van der Waals surface area contributed by atoms with Crippen LogP contribution in [0.5, 0.6) is 0 Å². The van der Waals surface area contributed by atoms with Gasteiger partial charge in [-0.1, -0.05) is 30.3 Å². The van der Waals surface area contributed by atoms with E-state index in [1.807, 2.05) is 0 Å². The van der Waals surface area contributed by atoms with Gasteiger partial charge in [0.1, 0.15) is 0 Å². The van der Waals surface area contributed by atoms with E-state index in [9.17, 15) is 14.7 Å². The van der Waals surface area contributed by atoms with Crippen LogP contribution in [0.2, 0.25) is 0 Å². The molecule has 4 heteroatoms. The number of hydrogen-bond donors (Lipinski definition) is 2. The number of carbonyl (C=O) groups excluding carboxylic acids is 2. The lowest BCUT2D eigenvalue weighted by atomic mass is 9.89. The van der Waals surface area contributed by atoms with Gasteiger partial charge in [-0.2, -0.15) is 0 Å².